The number of nitrogens with zero attached hydrogens (tertiary/aromatic N) is 1. The molecule has 6 heteroatoms. The summed E-state index contributed by atoms with van der Waals surface area (Å²) in [7, 11) is 0. The summed E-state index contributed by atoms with van der Waals surface area (Å²) < 4.78 is 0. The molecule has 0 aliphatic rings. The van der Waals surface area contributed by atoms with E-state index in [1.165, 1.54) is 18.3 Å². The van der Waals surface area contributed by atoms with Crippen LogP contribution in [0.4, 0.5) is 5.69 Å². The molecule has 1 rings (SSSR count). The lowest BCUT2D eigenvalue weighted by Crippen LogP contribution is -2.26. The Balaban J connectivity index is 2.59. The van der Waals surface area contributed by atoms with Gasteiger partial charge in [-0.25, -0.2) is 0 Å². The minimum atomic E-state index is -0.445. The van der Waals surface area contributed by atoms with Crippen molar-refractivity contribution in [3.63, 3.8) is 0 Å². The van der Waals surface area contributed by atoms with Gasteiger partial charge in [0.1, 0.15) is 17.4 Å². The van der Waals surface area contributed by atoms with Gasteiger partial charge in [0, 0.05) is 24.3 Å². The van der Waals surface area contributed by atoms with Gasteiger partial charge in [-0.1, -0.05) is 0 Å². The summed E-state index contributed by atoms with van der Waals surface area (Å²) in [6.45, 7) is 0.431. The molecule has 0 aliphatic carbocycles. The van der Waals surface area contributed by atoms with E-state index in [0.29, 0.717) is 24.5 Å². The predicted molar refractivity (Wildman–Crippen MR) is 73.8 cm³/mol. The number of nitrogens with one attached hydrogen (secondary N) is 2. The Kier molecular flexibility index (Phi) is 6.27. The number of phenols is 1. The Labute approximate surface area is 116 Å². The molecule has 0 aliphatic heterocycles. The molecule has 0 fully saturated rings. The molecule has 1 amide bonds. The lowest BCUT2D eigenvalue weighted by molar-refractivity contribution is -0.117. The number of nitriles is 1. The van der Waals surface area contributed by atoms with Crippen LogP contribution in [0.2, 0.25) is 0 Å². The molecular formula is C13H14ClN3O2. The number of rotatable bonds is 6. The monoisotopic (exact) mass is 279 g/mol. The molecular weight excluding hydrogens is 266 g/mol. The summed E-state index contributed by atoms with van der Waals surface area (Å²) in [6, 6.07) is 8.08. The Morgan fingerprint density at radius 2 is 2.11 bits per heavy atom. The first-order valence-electron chi connectivity index (χ1n) is 5.67. The van der Waals surface area contributed by atoms with Gasteiger partial charge in [-0.15, -0.1) is 11.6 Å². The molecule has 0 bridgehead atoms. The molecule has 3 N–H and O–H groups in total. The maximum atomic E-state index is 11.6. The smallest absolute Gasteiger partial charge is 0.263 e. The Bertz CT molecular complexity index is 492. The van der Waals surface area contributed by atoms with Crippen molar-refractivity contribution in [1.29, 1.82) is 5.26 Å². The first-order chi connectivity index (χ1) is 9.17. The Hall–Kier alpha value is -2.19. The summed E-state index contributed by atoms with van der Waals surface area (Å²) in [5.41, 5.74) is 0.641. The molecule has 19 heavy (non-hydrogen) atoms. The fraction of sp³-hybridized carbons (Fsp3) is 0.231. The molecule has 0 spiro atoms. The predicted octanol–water partition coefficient (Wildman–Crippen LogP) is 1.96. The van der Waals surface area contributed by atoms with E-state index in [2.05, 4.69) is 10.6 Å². The fourth-order valence-corrected chi connectivity index (χ4v) is 1.36. The highest BCUT2D eigenvalue weighted by Crippen LogP contribution is 2.13. The third kappa shape index (κ3) is 5.32. The van der Waals surface area contributed by atoms with E-state index in [1.54, 1.807) is 12.1 Å². The number of halogens is 1. The van der Waals surface area contributed by atoms with Crippen LogP contribution < -0.4 is 10.6 Å². The summed E-state index contributed by atoms with van der Waals surface area (Å²) in [4.78, 5) is 11.6. The van der Waals surface area contributed by atoms with Crippen molar-refractivity contribution in [1.82, 2.24) is 5.32 Å². The number of anilines is 1. The van der Waals surface area contributed by atoms with Crippen molar-refractivity contribution in [2.75, 3.05) is 17.7 Å². The van der Waals surface area contributed by atoms with Gasteiger partial charge in [-0.3, -0.25) is 4.79 Å². The maximum Gasteiger partial charge on any atom is 0.263 e. The minimum absolute atomic E-state index is 0.0253. The van der Waals surface area contributed by atoms with Gasteiger partial charge < -0.3 is 15.7 Å². The van der Waals surface area contributed by atoms with E-state index < -0.39 is 5.91 Å². The summed E-state index contributed by atoms with van der Waals surface area (Å²) in [5.74, 6) is 0.158. The summed E-state index contributed by atoms with van der Waals surface area (Å²) in [6.07, 6.45) is 1.97. The standard InChI is InChI=1S/C13H14ClN3O2/c14-6-1-7-16-13(19)10(8-15)9-17-11-2-4-12(18)5-3-11/h2-5,9,17-18H,1,6-7H2,(H,16,19)/b10-9-. The van der Waals surface area contributed by atoms with E-state index in [9.17, 15) is 4.79 Å². The van der Waals surface area contributed by atoms with Crippen LogP contribution in [0.25, 0.3) is 0 Å². The van der Waals surface area contributed by atoms with Crippen LogP contribution in [-0.2, 0) is 4.79 Å². The lowest BCUT2D eigenvalue weighted by Gasteiger charge is -2.04. The van der Waals surface area contributed by atoms with E-state index in [1.807, 2.05) is 6.07 Å². The second-order valence-electron chi connectivity index (χ2n) is 3.66. The van der Waals surface area contributed by atoms with Crippen molar-refractivity contribution in [2.24, 2.45) is 0 Å². The lowest BCUT2D eigenvalue weighted by atomic mass is 10.2. The van der Waals surface area contributed by atoms with Gasteiger partial charge >= 0.3 is 0 Å². The van der Waals surface area contributed by atoms with Crippen molar-refractivity contribution >= 4 is 23.2 Å². The van der Waals surface area contributed by atoms with Gasteiger partial charge in [0.15, 0.2) is 0 Å². The van der Waals surface area contributed by atoms with E-state index in [0.717, 1.165) is 0 Å². The molecule has 0 atom stereocenters. The second kappa shape index (κ2) is 8.01. The highest BCUT2D eigenvalue weighted by molar-refractivity contribution is 6.17. The average molecular weight is 280 g/mol. The number of hydrogen-bond acceptors (Lipinski definition) is 4. The zero-order valence-corrected chi connectivity index (χ0v) is 10.9. The molecule has 0 saturated carbocycles. The highest BCUT2D eigenvalue weighted by atomic mass is 35.5. The third-order valence-electron chi connectivity index (χ3n) is 2.21. The van der Waals surface area contributed by atoms with Crippen molar-refractivity contribution < 1.29 is 9.90 Å². The van der Waals surface area contributed by atoms with Crippen LogP contribution >= 0.6 is 11.6 Å². The SMILES string of the molecule is N#C/C(=C/Nc1ccc(O)cc1)C(=O)NCCCCl. The zero-order chi connectivity index (χ0) is 14.1. The number of hydrogen-bond donors (Lipinski definition) is 3. The molecule has 0 radical (unpaired) electrons. The number of amides is 1. The second-order valence-corrected chi connectivity index (χ2v) is 4.04. The Morgan fingerprint density at radius 3 is 2.68 bits per heavy atom. The van der Waals surface area contributed by atoms with E-state index in [4.69, 9.17) is 22.0 Å². The molecule has 1 aromatic rings. The van der Waals surface area contributed by atoms with Gasteiger partial charge in [-0.05, 0) is 30.7 Å². The topological polar surface area (TPSA) is 85.2 Å². The Morgan fingerprint density at radius 1 is 1.42 bits per heavy atom. The van der Waals surface area contributed by atoms with E-state index in [-0.39, 0.29) is 11.3 Å². The van der Waals surface area contributed by atoms with Crippen LogP contribution in [0.1, 0.15) is 6.42 Å². The van der Waals surface area contributed by atoms with Gasteiger partial charge in [0.2, 0.25) is 0 Å². The van der Waals surface area contributed by atoms with E-state index >= 15 is 0 Å². The van der Waals surface area contributed by atoms with Crippen molar-refractivity contribution in [3.8, 4) is 11.8 Å². The van der Waals surface area contributed by atoms with Crippen molar-refractivity contribution in [3.05, 3.63) is 36.0 Å². The molecule has 0 aromatic heterocycles. The average Bonchev–Trinajstić information content (AvgIpc) is 2.42. The van der Waals surface area contributed by atoms with Gasteiger partial charge in [0.05, 0.1) is 0 Å². The number of aromatic hydroxyl groups is 1. The quantitative estimate of drug-likeness (QED) is 0.244. The molecule has 5 nitrogen and oxygen atoms in total. The number of carbonyl (C=O) groups is 1. The van der Waals surface area contributed by atoms with Crippen LogP contribution in [0.3, 0.4) is 0 Å². The minimum Gasteiger partial charge on any atom is -0.508 e. The third-order valence-corrected chi connectivity index (χ3v) is 2.48. The highest BCUT2D eigenvalue weighted by Gasteiger charge is 2.07. The molecule has 0 unspecified atom stereocenters. The maximum absolute atomic E-state index is 11.6. The molecule has 0 saturated heterocycles. The van der Waals surface area contributed by atoms with Crippen LogP contribution in [0.15, 0.2) is 36.0 Å². The summed E-state index contributed by atoms with van der Waals surface area (Å²) in [5, 5.41) is 23.4. The molecule has 0 heterocycles. The number of alkyl halides is 1. The first kappa shape index (κ1) is 14.9. The zero-order valence-electron chi connectivity index (χ0n) is 10.2. The first-order valence-corrected chi connectivity index (χ1v) is 6.21. The number of phenolic OH excluding ortho intramolecular Hbond substituents is 1. The van der Waals surface area contributed by atoms with Crippen LogP contribution in [0.5, 0.6) is 5.75 Å². The molecule has 100 valence electrons. The number of benzene rings is 1. The van der Waals surface area contributed by atoms with Crippen LogP contribution in [-0.4, -0.2) is 23.4 Å². The normalized spacial score (nSPS) is 10.6. The largest absolute Gasteiger partial charge is 0.508 e. The van der Waals surface area contributed by atoms with Crippen LogP contribution in [0, 0.1) is 11.3 Å². The number of carbonyl (C=O) groups excluding carboxylic acids is 1. The summed E-state index contributed by atoms with van der Waals surface area (Å²) >= 11 is 5.49. The molecule has 1 aromatic carbocycles. The van der Waals surface area contributed by atoms with Gasteiger partial charge in [0.25, 0.3) is 5.91 Å². The van der Waals surface area contributed by atoms with Crippen molar-refractivity contribution in [2.45, 2.75) is 6.42 Å². The van der Waals surface area contributed by atoms with Gasteiger partial charge in [-0.2, -0.15) is 5.26 Å². The fourth-order valence-electron chi connectivity index (χ4n) is 1.23.